The van der Waals surface area contributed by atoms with E-state index in [4.69, 9.17) is 19.0 Å². The van der Waals surface area contributed by atoms with Gasteiger partial charge in [0.05, 0.1) is 18.1 Å². The molecule has 2 saturated heterocycles. The number of methoxy groups -OCH3 is 1. The molecule has 2 bridgehead atoms. The molecule has 0 amide bonds. The third kappa shape index (κ3) is 1.91. The Kier molecular flexibility index (Phi) is 3.07. The van der Waals surface area contributed by atoms with E-state index in [1.54, 1.807) is 7.11 Å². The molecule has 0 spiro atoms. The van der Waals surface area contributed by atoms with Crippen molar-refractivity contribution in [3.05, 3.63) is 11.7 Å². The SMILES string of the molecule is COCCC1(c2noc([C@@H]3C[C@H]4CC[C@@H]3O4)n2)CCC1. The van der Waals surface area contributed by atoms with Crippen LogP contribution in [0, 0.1) is 0 Å². The fourth-order valence-electron chi connectivity index (χ4n) is 3.99. The number of ether oxygens (including phenoxy) is 2. The van der Waals surface area contributed by atoms with Crippen molar-refractivity contribution in [3.8, 4) is 0 Å². The fourth-order valence-corrected chi connectivity index (χ4v) is 3.99. The minimum Gasteiger partial charge on any atom is -0.385 e. The van der Waals surface area contributed by atoms with Crippen molar-refractivity contribution in [1.29, 1.82) is 0 Å². The summed E-state index contributed by atoms with van der Waals surface area (Å²) in [5, 5.41) is 4.29. The highest BCUT2D eigenvalue weighted by molar-refractivity contribution is 5.14. The summed E-state index contributed by atoms with van der Waals surface area (Å²) in [6, 6.07) is 0. The first kappa shape index (κ1) is 12.8. The Morgan fingerprint density at radius 2 is 2.25 bits per heavy atom. The van der Waals surface area contributed by atoms with E-state index in [1.807, 2.05) is 0 Å². The van der Waals surface area contributed by atoms with Crippen LogP contribution in [-0.2, 0) is 14.9 Å². The van der Waals surface area contributed by atoms with E-state index in [-0.39, 0.29) is 5.41 Å². The summed E-state index contributed by atoms with van der Waals surface area (Å²) >= 11 is 0. The van der Waals surface area contributed by atoms with Crippen LogP contribution in [0.2, 0.25) is 0 Å². The molecular weight excluding hydrogens is 256 g/mol. The first-order valence-electron chi connectivity index (χ1n) is 7.79. The molecule has 3 atom stereocenters. The lowest BCUT2D eigenvalue weighted by Gasteiger charge is -2.38. The Bertz CT molecular complexity index is 483. The van der Waals surface area contributed by atoms with Gasteiger partial charge in [0, 0.05) is 19.1 Å². The van der Waals surface area contributed by atoms with Crippen LogP contribution in [0.1, 0.15) is 62.6 Å². The predicted molar refractivity (Wildman–Crippen MR) is 71.6 cm³/mol. The lowest BCUT2D eigenvalue weighted by molar-refractivity contribution is 0.0974. The average Bonchev–Trinajstić information content (AvgIpc) is 3.13. The van der Waals surface area contributed by atoms with Gasteiger partial charge in [0.25, 0.3) is 0 Å². The lowest BCUT2D eigenvalue weighted by Crippen LogP contribution is -2.36. The van der Waals surface area contributed by atoms with Gasteiger partial charge in [-0.2, -0.15) is 4.98 Å². The molecule has 0 aromatic carbocycles. The molecule has 0 N–H and O–H groups in total. The summed E-state index contributed by atoms with van der Waals surface area (Å²) in [4.78, 5) is 4.74. The van der Waals surface area contributed by atoms with Gasteiger partial charge < -0.3 is 14.0 Å². The third-order valence-electron chi connectivity index (χ3n) is 5.43. The van der Waals surface area contributed by atoms with Crippen LogP contribution in [0.3, 0.4) is 0 Å². The lowest BCUT2D eigenvalue weighted by atomic mass is 9.66. The Morgan fingerprint density at radius 3 is 2.85 bits per heavy atom. The molecule has 0 unspecified atom stereocenters. The van der Waals surface area contributed by atoms with E-state index in [9.17, 15) is 0 Å². The Morgan fingerprint density at radius 1 is 1.35 bits per heavy atom. The van der Waals surface area contributed by atoms with Crippen molar-refractivity contribution >= 4 is 0 Å². The van der Waals surface area contributed by atoms with E-state index in [0.717, 1.165) is 50.4 Å². The Hall–Kier alpha value is -0.940. The average molecular weight is 278 g/mol. The van der Waals surface area contributed by atoms with Crippen LogP contribution in [0.15, 0.2) is 4.52 Å². The molecule has 4 rings (SSSR count). The first-order valence-corrected chi connectivity index (χ1v) is 7.79. The smallest absolute Gasteiger partial charge is 0.232 e. The van der Waals surface area contributed by atoms with Crippen molar-refractivity contribution in [1.82, 2.24) is 10.1 Å². The van der Waals surface area contributed by atoms with Crippen LogP contribution < -0.4 is 0 Å². The largest absolute Gasteiger partial charge is 0.385 e. The molecule has 5 nitrogen and oxygen atoms in total. The zero-order valence-electron chi connectivity index (χ0n) is 12.0. The minimum atomic E-state index is 0.107. The number of nitrogens with zero attached hydrogens (tertiary/aromatic N) is 2. The van der Waals surface area contributed by atoms with Crippen LogP contribution in [0.25, 0.3) is 0 Å². The molecule has 5 heteroatoms. The molecule has 3 heterocycles. The van der Waals surface area contributed by atoms with Gasteiger partial charge in [0.2, 0.25) is 5.89 Å². The Labute approximate surface area is 119 Å². The number of aromatic nitrogens is 2. The minimum absolute atomic E-state index is 0.107. The van der Waals surface area contributed by atoms with Crippen LogP contribution in [0.5, 0.6) is 0 Å². The molecule has 1 aliphatic carbocycles. The van der Waals surface area contributed by atoms with Gasteiger partial charge in [-0.25, -0.2) is 0 Å². The molecule has 1 aromatic rings. The van der Waals surface area contributed by atoms with E-state index in [1.165, 1.54) is 12.8 Å². The van der Waals surface area contributed by atoms with Gasteiger partial charge in [0.15, 0.2) is 5.82 Å². The van der Waals surface area contributed by atoms with Gasteiger partial charge in [0.1, 0.15) is 0 Å². The highest BCUT2D eigenvalue weighted by Gasteiger charge is 2.46. The van der Waals surface area contributed by atoms with Crippen molar-refractivity contribution in [2.45, 2.75) is 68.5 Å². The van der Waals surface area contributed by atoms with Gasteiger partial charge in [-0.05, 0) is 38.5 Å². The van der Waals surface area contributed by atoms with Gasteiger partial charge >= 0.3 is 0 Å². The molecule has 20 heavy (non-hydrogen) atoms. The summed E-state index contributed by atoms with van der Waals surface area (Å²) < 4.78 is 16.7. The quantitative estimate of drug-likeness (QED) is 0.828. The standard InChI is InChI=1S/C15H22N2O3/c1-18-8-7-15(5-2-6-15)14-16-13(20-17-14)11-9-10-3-4-12(11)19-10/h10-12H,2-9H2,1H3/t10-,11-,12+/m1/s1. The summed E-state index contributed by atoms with van der Waals surface area (Å²) in [6.07, 6.45) is 8.68. The van der Waals surface area contributed by atoms with Crippen molar-refractivity contribution in [3.63, 3.8) is 0 Å². The van der Waals surface area contributed by atoms with Crippen molar-refractivity contribution < 1.29 is 14.0 Å². The van der Waals surface area contributed by atoms with Crippen molar-refractivity contribution in [2.24, 2.45) is 0 Å². The highest BCUT2D eigenvalue weighted by atomic mass is 16.5. The molecule has 2 aliphatic heterocycles. The maximum absolute atomic E-state index is 5.89. The second-order valence-electron chi connectivity index (χ2n) is 6.55. The van der Waals surface area contributed by atoms with Crippen LogP contribution in [0.4, 0.5) is 0 Å². The van der Waals surface area contributed by atoms with Crippen LogP contribution >= 0.6 is 0 Å². The van der Waals surface area contributed by atoms with Crippen LogP contribution in [-0.4, -0.2) is 36.1 Å². The molecule has 0 radical (unpaired) electrons. The second-order valence-corrected chi connectivity index (χ2v) is 6.55. The summed E-state index contributed by atoms with van der Waals surface area (Å²) in [7, 11) is 1.75. The molecule has 110 valence electrons. The van der Waals surface area contributed by atoms with Gasteiger partial charge in [-0.15, -0.1) is 0 Å². The maximum atomic E-state index is 5.89. The molecule has 3 aliphatic rings. The maximum Gasteiger partial charge on any atom is 0.232 e. The number of hydrogen-bond donors (Lipinski definition) is 0. The number of rotatable bonds is 5. The summed E-state index contributed by atoms with van der Waals surface area (Å²) in [5.41, 5.74) is 0.107. The van der Waals surface area contributed by atoms with E-state index in [0.29, 0.717) is 18.1 Å². The Balaban J connectivity index is 1.52. The van der Waals surface area contributed by atoms with Gasteiger partial charge in [-0.3, -0.25) is 0 Å². The van der Waals surface area contributed by atoms with Crippen molar-refractivity contribution in [2.75, 3.05) is 13.7 Å². The fraction of sp³-hybridized carbons (Fsp3) is 0.867. The number of fused-ring (bicyclic) bond motifs is 2. The third-order valence-corrected chi connectivity index (χ3v) is 5.43. The molecule has 3 fully saturated rings. The monoisotopic (exact) mass is 278 g/mol. The van der Waals surface area contributed by atoms with E-state index >= 15 is 0 Å². The second kappa shape index (κ2) is 4.81. The summed E-state index contributed by atoms with van der Waals surface area (Å²) in [6.45, 7) is 0.765. The molecule has 1 saturated carbocycles. The normalized spacial score (nSPS) is 34.4. The summed E-state index contributed by atoms with van der Waals surface area (Å²) in [5.74, 6) is 2.03. The predicted octanol–water partition coefficient (Wildman–Crippen LogP) is 2.56. The zero-order valence-corrected chi connectivity index (χ0v) is 12.0. The van der Waals surface area contributed by atoms with E-state index < -0.39 is 0 Å². The molecular formula is C15H22N2O3. The van der Waals surface area contributed by atoms with Gasteiger partial charge in [-0.1, -0.05) is 11.6 Å². The molecule has 1 aromatic heterocycles. The zero-order chi connectivity index (χ0) is 13.6. The van der Waals surface area contributed by atoms with E-state index in [2.05, 4.69) is 5.16 Å². The highest BCUT2D eigenvalue weighted by Crippen LogP contribution is 2.47. The topological polar surface area (TPSA) is 57.4 Å². The first-order chi connectivity index (χ1) is 9.81. The number of hydrogen-bond acceptors (Lipinski definition) is 5.